The highest BCUT2D eigenvalue weighted by atomic mass is 16.3. The number of hydrogen-bond acceptors (Lipinski definition) is 5. The molecule has 1 aromatic rings. The molecule has 1 aromatic heterocycles. The zero-order valence-electron chi connectivity index (χ0n) is 14.9. The number of carbonyl (C=O) groups excluding carboxylic acids is 2. The van der Waals surface area contributed by atoms with Crippen LogP contribution in [0, 0.1) is 0 Å². The number of nitrogens with zero attached hydrogens (tertiary/aromatic N) is 2. The van der Waals surface area contributed by atoms with Crippen molar-refractivity contribution < 1.29 is 14.7 Å². The van der Waals surface area contributed by atoms with Crippen LogP contribution in [0.2, 0.25) is 0 Å². The molecule has 2 amide bonds. The molecule has 0 bridgehead atoms. The van der Waals surface area contributed by atoms with Gasteiger partial charge in [-0.1, -0.05) is 6.07 Å². The highest BCUT2D eigenvalue weighted by Crippen LogP contribution is 2.15. The number of nitrogens with one attached hydrogen (secondary N) is 1. The van der Waals surface area contributed by atoms with Crippen molar-refractivity contribution in [1.29, 1.82) is 0 Å². The average molecular weight is 348 g/mol. The predicted molar refractivity (Wildman–Crippen MR) is 94.8 cm³/mol. The minimum Gasteiger partial charge on any atom is -0.389 e. The Kier molecular flexibility index (Phi) is 6.50. The summed E-state index contributed by atoms with van der Waals surface area (Å²) < 4.78 is 0. The molecule has 0 spiro atoms. The quantitative estimate of drug-likeness (QED) is 0.725. The van der Waals surface area contributed by atoms with E-state index in [0.717, 1.165) is 0 Å². The Morgan fingerprint density at radius 2 is 2.20 bits per heavy atom. The van der Waals surface area contributed by atoms with Crippen molar-refractivity contribution in [3.8, 4) is 0 Å². The monoisotopic (exact) mass is 348 g/mol. The molecule has 1 unspecified atom stereocenters. The Labute approximate surface area is 148 Å². The number of nitrogens with two attached hydrogens (primary N) is 1. The van der Waals surface area contributed by atoms with Gasteiger partial charge in [-0.05, 0) is 45.2 Å². The van der Waals surface area contributed by atoms with Gasteiger partial charge in [0.05, 0.1) is 12.1 Å². The van der Waals surface area contributed by atoms with E-state index in [2.05, 4.69) is 10.3 Å². The van der Waals surface area contributed by atoms with Crippen LogP contribution < -0.4 is 11.1 Å². The van der Waals surface area contributed by atoms with Crippen LogP contribution in [-0.4, -0.2) is 57.6 Å². The third-order valence-electron chi connectivity index (χ3n) is 4.33. The van der Waals surface area contributed by atoms with Crippen molar-refractivity contribution in [2.24, 2.45) is 5.73 Å². The highest BCUT2D eigenvalue weighted by molar-refractivity contribution is 5.92. The van der Waals surface area contributed by atoms with Crippen LogP contribution in [-0.2, 0) is 4.79 Å². The van der Waals surface area contributed by atoms with Gasteiger partial charge in [0, 0.05) is 31.2 Å². The van der Waals surface area contributed by atoms with E-state index in [1.54, 1.807) is 29.3 Å². The maximum Gasteiger partial charge on any atom is 0.272 e. The molecule has 25 heavy (non-hydrogen) atoms. The second-order valence-corrected chi connectivity index (χ2v) is 7.34. The maximum absolute atomic E-state index is 12.5. The lowest BCUT2D eigenvalue weighted by atomic mass is 9.99. The standard InChI is InChI=1S/C18H28N4O3/c1-18(2,19)9-8-16(24)21-13-7-5-11-22(12-15(13)23)17(25)14-6-3-4-10-20-14/h3-4,6,10,13,15,23H,5,7-9,11-12,19H2,1-2H3,(H,21,24)/t13?,15-/m0/s1. The van der Waals surface area contributed by atoms with Crippen LogP contribution in [0.3, 0.4) is 0 Å². The molecule has 7 nitrogen and oxygen atoms in total. The number of likely N-dealkylation sites (tertiary alicyclic amines) is 1. The number of rotatable bonds is 5. The minimum atomic E-state index is -0.801. The van der Waals surface area contributed by atoms with Gasteiger partial charge in [-0.25, -0.2) is 0 Å². The molecule has 0 aromatic carbocycles. The van der Waals surface area contributed by atoms with E-state index in [-0.39, 0.29) is 24.4 Å². The van der Waals surface area contributed by atoms with Gasteiger partial charge in [0.2, 0.25) is 5.91 Å². The lowest BCUT2D eigenvalue weighted by Crippen LogP contribution is -2.47. The molecule has 1 saturated heterocycles. The van der Waals surface area contributed by atoms with Crippen LogP contribution >= 0.6 is 0 Å². The van der Waals surface area contributed by atoms with Crippen molar-refractivity contribution >= 4 is 11.8 Å². The van der Waals surface area contributed by atoms with Crippen molar-refractivity contribution in [2.45, 2.75) is 57.2 Å². The van der Waals surface area contributed by atoms with Crippen LogP contribution in [0.4, 0.5) is 0 Å². The summed E-state index contributed by atoms with van der Waals surface area (Å²) in [6.45, 7) is 4.47. The van der Waals surface area contributed by atoms with Crippen molar-refractivity contribution in [2.75, 3.05) is 13.1 Å². The molecule has 7 heteroatoms. The van der Waals surface area contributed by atoms with Gasteiger partial charge < -0.3 is 21.1 Å². The Hall–Kier alpha value is -1.99. The number of carbonyl (C=O) groups is 2. The van der Waals surface area contributed by atoms with Gasteiger partial charge in [-0.15, -0.1) is 0 Å². The van der Waals surface area contributed by atoms with Gasteiger partial charge in [-0.2, -0.15) is 0 Å². The van der Waals surface area contributed by atoms with Crippen LogP contribution in [0.25, 0.3) is 0 Å². The topological polar surface area (TPSA) is 109 Å². The number of β-amino-alcohol motifs (C(OH)–C–C–N with tert-alkyl or cyclic N) is 1. The molecule has 2 atom stereocenters. The summed E-state index contributed by atoms with van der Waals surface area (Å²) in [4.78, 5) is 30.2. The molecule has 2 heterocycles. The molecule has 1 fully saturated rings. The van der Waals surface area contributed by atoms with E-state index in [4.69, 9.17) is 5.73 Å². The molecule has 1 aliphatic rings. The summed E-state index contributed by atoms with van der Waals surface area (Å²) in [5.74, 6) is -0.316. The molecule has 4 N–H and O–H groups in total. The fraction of sp³-hybridized carbons (Fsp3) is 0.611. The van der Waals surface area contributed by atoms with Crippen LogP contribution in [0.5, 0.6) is 0 Å². The lowest BCUT2D eigenvalue weighted by molar-refractivity contribution is -0.123. The van der Waals surface area contributed by atoms with Crippen LogP contribution in [0.15, 0.2) is 24.4 Å². The van der Waals surface area contributed by atoms with Gasteiger partial charge >= 0.3 is 0 Å². The molecule has 0 radical (unpaired) electrons. The second-order valence-electron chi connectivity index (χ2n) is 7.34. The zero-order chi connectivity index (χ0) is 18.4. The predicted octanol–water partition coefficient (Wildman–Crippen LogP) is 0.681. The lowest BCUT2D eigenvalue weighted by Gasteiger charge is -2.26. The molecule has 1 aliphatic heterocycles. The second kappa shape index (κ2) is 8.40. The molecule has 0 aliphatic carbocycles. The van der Waals surface area contributed by atoms with Gasteiger partial charge in [0.1, 0.15) is 5.69 Å². The first-order chi connectivity index (χ1) is 11.8. The van der Waals surface area contributed by atoms with E-state index in [0.29, 0.717) is 37.9 Å². The molecular weight excluding hydrogens is 320 g/mol. The van der Waals surface area contributed by atoms with Gasteiger partial charge in [-0.3, -0.25) is 14.6 Å². The summed E-state index contributed by atoms with van der Waals surface area (Å²) in [7, 11) is 0. The molecular formula is C18H28N4O3. The van der Waals surface area contributed by atoms with Gasteiger partial charge in [0.15, 0.2) is 0 Å². The minimum absolute atomic E-state index is 0.118. The Bertz CT molecular complexity index is 586. The molecule has 2 rings (SSSR count). The van der Waals surface area contributed by atoms with E-state index >= 15 is 0 Å². The van der Waals surface area contributed by atoms with Gasteiger partial charge in [0.25, 0.3) is 5.91 Å². The highest BCUT2D eigenvalue weighted by Gasteiger charge is 2.29. The summed E-state index contributed by atoms with van der Waals surface area (Å²) in [6.07, 6.45) is 3.01. The van der Waals surface area contributed by atoms with Crippen molar-refractivity contribution in [3.05, 3.63) is 30.1 Å². The van der Waals surface area contributed by atoms with E-state index in [1.807, 2.05) is 13.8 Å². The summed E-state index contributed by atoms with van der Waals surface area (Å²) in [6, 6.07) is 4.82. The van der Waals surface area contributed by atoms with E-state index < -0.39 is 11.6 Å². The average Bonchev–Trinajstić information content (AvgIpc) is 2.74. The summed E-state index contributed by atoms with van der Waals surface area (Å²) in [5, 5.41) is 13.3. The van der Waals surface area contributed by atoms with E-state index in [1.165, 1.54) is 0 Å². The number of pyridine rings is 1. The summed E-state index contributed by atoms with van der Waals surface area (Å²) >= 11 is 0. The third kappa shape index (κ3) is 6.10. The third-order valence-corrected chi connectivity index (χ3v) is 4.33. The fourth-order valence-corrected chi connectivity index (χ4v) is 2.86. The number of hydrogen-bond donors (Lipinski definition) is 3. The van der Waals surface area contributed by atoms with E-state index in [9.17, 15) is 14.7 Å². The number of aromatic nitrogens is 1. The Morgan fingerprint density at radius 1 is 1.44 bits per heavy atom. The largest absolute Gasteiger partial charge is 0.389 e. The first-order valence-electron chi connectivity index (χ1n) is 8.73. The fourth-order valence-electron chi connectivity index (χ4n) is 2.86. The smallest absolute Gasteiger partial charge is 0.272 e. The maximum atomic E-state index is 12.5. The SMILES string of the molecule is CC(C)(N)CCC(=O)NC1CCCN(C(=O)c2ccccn2)C[C@@H]1O. The number of amides is 2. The first-order valence-corrected chi connectivity index (χ1v) is 8.73. The van der Waals surface area contributed by atoms with Crippen LogP contribution in [0.1, 0.15) is 50.0 Å². The normalized spacial score (nSPS) is 21.5. The zero-order valence-corrected chi connectivity index (χ0v) is 14.9. The number of aliphatic hydroxyl groups excluding tert-OH is 1. The molecule has 0 saturated carbocycles. The van der Waals surface area contributed by atoms with Crippen molar-refractivity contribution in [1.82, 2.24) is 15.2 Å². The summed E-state index contributed by atoms with van der Waals surface area (Å²) in [5.41, 5.74) is 5.86. The first kappa shape index (κ1) is 19.3. The van der Waals surface area contributed by atoms with Crippen molar-refractivity contribution in [3.63, 3.8) is 0 Å². The molecule has 138 valence electrons. The Morgan fingerprint density at radius 3 is 2.84 bits per heavy atom. The Balaban J connectivity index is 1.91. The number of aliphatic hydroxyl groups is 1.